The predicted molar refractivity (Wildman–Crippen MR) is 67.2 cm³/mol. The minimum Gasteiger partial charge on any atom is -0.493 e. The molecule has 0 fully saturated rings. The number of furan rings is 1. The smallest absolute Gasteiger partial charge is 0.176 e. The molecule has 0 spiro atoms. The Kier molecular flexibility index (Phi) is 2.87. The molecule has 0 aliphatic rings. The first-order valence-corrected chi connectivity index (χ1v) is 5.68. The molecule has 17 heavy (non-hydrogen) atoms. The summed E-state index contributed by atoms with van der Waals surface area (Å²) in [5.74, 6) is 1.27. The molecular formula is C14H18O3. The molecule has 1 heterocycles. The Labute approximate surface area is 101 Å². The van der Waals surface area contributed by atoms with Gasteiger partial charge >= 0.3 is 0 Å². The van der Waals surface area contributed by atoms with Crippen molar-refractivity contribution in [2.24, 2.45) is 5.41 Å². The van der Waals surface area contributed by atoms with E-state index in [0.717, 1.165) is 5.39 Å². The minimum absolute atomic E-state index is 0.249. The Morgan fingerprint density at radius 3 is 2.59 bits per heavy atom. The summed E-state index contributed by atoms with van der Waals surface area (Å²) >= 11 is 0. The highest BCUT2D eigenvalue weighted by Gasteiger charge is 2.27. The van der Waals surface area contributed by atoms with Crippen LogP contribution in [-0.4, -0.2) is 12.2 Å². The molecular weight excluding hydrogens is 216 g/mol. The van der Waals surface area contributed by atoms with Gasteiger partial charge in [-0.1, -0.05) is 32.9 Å². The molecule has 3 nitrogen and oxygen atoms in total. The molecule has 0 aliphatic heterocycles. The fraction of sp³-hybridized carbons (Fsp3) is 0.429. The van der Waals surface area contributed by atoms with Gasteiger partial charge in [-0.25, -0.2) is 0 Å². The van der Waals surface area contributed by atoms with E-state index in [1.54, 1.807) is 7.11 Å². The van der Waals surface area contributed by atoms with Crippen molar-refractivity contribution < 1.29 is 14.3 Å². The van der Waals surface area contributed by atoms with E-state index in [1.807, 2.05) is 45.0 Å². The zero-order valence-electron chi connectivity index (χ0n) is 10.7. The van der Waals surface area contributed by atoms with Gasteiger partial charge in [0.1, 0.15) is 11.9 Å². The van der Waals surface area contributed by atoms with Gasteiger partial charge in [-0.05, 0) is 17.5 Å². The van der Waals surface area contributed by atoms with Crippen molar-refractivity contribution in [1.82, 2.24) is 0 Å². The molecule has 2 aromatic rings. The molecule has 0 amide bonds. The first-order chi connectivity index (χ1) is 7.93. The van der Waals surface area contributed by atoms with Gasteiger partial charge in [-0.15, -0.1) is 0 Å². The van der Waals surface area contributed by atoms with Crippen molar-refractivity contribution in [3.8, 4) is 5.75 Å². The van der Waals surface area contributed by atoms with Gasteiger partial charge < -0.3 is 14.3 Å². The number of methoxy groups -OCH3 is 1. The van der Waals surface area contributed by atoms with E-state index < -0.39 is 6.10 Å². The molecule has 0 radical (unpaired) electrons. The lowest BCUT2D eigenvalue weighted by Gasteiger charge is -2.23. The van der Waals surface area contributed by atoms with E-state index in [4.69, 9.17) is 9.15 Å². The largest absolute Gasteiger partial charge is 0.493 e. The fourth-order valence-corrected chi connectivity index (χ4v) is 1.78. The van der Waals surface area contributed by atoms with Crippen molar-refractivity contribution >= 4 is 11.0 Å². The third kappa shape index (κ3) is 2.15. The molecule has 2 rings (SSSR count). The summed E-state index contributed by atoms with van der Waals surface area (Å²) in [6.45, 7) is 5.92. The van der Waals surface area contributed by atoms with E-state index >= 15 is 0 Å². The van der Waals surface area contributed by atoms with E-state index in [9.17, 15) is 5.11 Å². The molecule has 0 saturated heterocycles. The van der Waals surface area contributed by atoms with Gasteiger partial charge in [0.15, 0.2) is 11.3 Å². The van der Waals surface area contributed by atoms with Crippen molar-refractivity contribution in [3.05, 3.63) is 30.0 Å². The van der Waals surface area contributed by atoms with Gasteiger partial charge in [0.25, 0.3) is 0 Å². The highest BCUT2D eigenvalue weighted by atomic mass is 16.5. The minimum atomic E-state index is -0.625. The van der Waals surface area contributed by atoms with Gasteiger partial charge in [-0.2, -0.15) is 0 Å². The number of para-hydroxylation sites is 1. The summed E-state index contributed by atoms with van der Waals surface area (Å²) in [6, 6.07) is 7.57. The van der Waals surface area contributed by atoms with Crippen LogP contribution in [0, 0.1) is 5.41 Å². The monoisotopic (exact) mass is 234 g/mol. The lowest BCUT2D eigenvalue weighted by Crippen LogP contribution is -2.16. The van der Waals surface area contributed by atoms with Crippen LogP contribution in [0.1, 0.15) is 32.6 Å². The number of hydrogen-bond acceptors (Lipinski definition) is 3. The molecule has 1 atom stereocenters. The summed E-state index contributed by atoms with van der Waals surface area (Å²) in [7, 11) is 1.61. The molecule has 0 saturated carbocycles. The third-order valence-electron chi connectivity index (χ3n) is 2.84. The maximum absolute atomic E-state index is 10.2. The summed E-state index contributed by atoms with van der Waals surface area (Å²) in [5, 5.41) is 11.1. The predicted octanol–water partition coefficient (Wildman–Crippen LogP) is 3.52. The van der Waals surface area contributed by atoms with Crippen LogP contribution in [0.2, 0.25) is 0 Å². The van der Waals surface area contributed by atoms with Crippen LogP contribution >= 0.6 is 0 Å². The maximum atomic E-state index is 10.2. The van der Waals surface area contributed by atoms with Gasteiger partial charge in [0.2, 0.25) is 0 Å². The number of rotatable bonds is 2. The fourth-order valence-electron chi connectivity index (χ4n) is 1.78. The normalized spacial score (nSPS) is 13.9. The Morgan fingerprint density at radius 1 is 1.29 bits per heavy atom. The lowest BCUT2D eigenvalue weighted by molar-refractivity contribution is 0.0447. The first kappa shape index (κ1) is 12.0. The Morgan fingerprint density at radius 2 is 2.00 bits per heavy atom. The molecule has 1 aromatic carbocycles. The van der Waals surface area contributed by atoms with Crippen molar-refractivity contribution in [1.29, 1.82) is 0 Å². The summed E-state index contributed by atoms with van der Waals surface area (Å²) in [6.07, 6.45) is -0.625. The Hall–Kier alpha value is -1.48. The average Bonchev–Trinajstić information content (AvgIpc) is 2.69. The Balaban J connectivity index is 2.52. The highest BCUT2D eigenvalue weighted by Crippen LogP contribution is 2.37. The SMILES string of the molecule is COc1cccc2cc(C(O)C(C)(C)C)oc12. The molecule has 0 bridgehead atoms. The molecule has 92 valence electrons. The first-order valence-electron chi connectivity index (χ1n) is 5.68. The summed E-state index contributed by atoms with van der Waals surface area (Å²) < 4.78 is 10.9. The van der Waals surface area contributed by atoms with E-state index in [2.05, 4.69) is 0 Å². The highest BCUT2D eigenvalue weighted by molar-refractivity contribution is 5.83. The average molecular weight is 234 g/mol. The van der Waals surface area contributed by atoms with Crippen LogP contribution in [0.5, 0.6) is 5.75 Å². The lowest BCUT2D eigenvalue weighted by atomic mass is 9.88. The van der Waals surface area contributed by atoms with Crippen LogP contribution in [0.4, 0.5) is 0 Å². The zero-order chi connectivity index (χ0) is 12.6. The molecule has 1 N–H and O–H groups in total. The molecule has 3 heteroatoms. The molecule has 1 unspecified atom stereocenters. The second kappa shape index (κ2) is 4.08. The molecule has 0 aliphatic carbocycles. The number of benzene rings is 1. The van der Waals surface area contributed by atoms with Crippen molar-refractivity contribution in [2.75, 3.05) is 7.11 Å². The third-order valence-corrected chi connectivity index (χ3v) is 2.84. The second-order valence-corrected chi connectivity index (χ2v) is 5.30. The van der Waals surface area contributed by atoms with Crippen molar-refractivity contribution in [2.45, 2.75) is 26.9 Å². The zero-order valence-corrected chi connectivity index (χ0v) is 10.7. The number of aliphatic hydroxyl groups excluding tert-OH is 1. The van der Waals surface area contributed by atoms with Gasteiger partial charge in [0, 0.05) is 5.39 Å². The number of fused-ring (bicyclic) bond motifs is 1. The standard InChI is InChI=1S/C14H18O3/c1-14(2,3)13(15)11-8-9-6-5-7-10(16-4)12(9)17-11/h5-8,13,15H,1-4H3. The van der Waals surface area contributed by atoms with Crippen LogP contribution in [0.3, 0.4) is 0 Å². The quantitative estimate of drug-likeness (QED) is 0.864. The van der Waals surface area contributed by atoms with Crippen LogP contribution in [0.25, 0.3) is 11.0 Å². The Bertz CT molecular complexity index is 520. The van der Waals surface area contributed by atoms with E-state index in [-0.39, 0.29) is 5.41 Å². The number of hydrogen-bond donors (Lipinski definition) is 1. The van der Waals surface area contributed by atoms with Crippen LogP contribution in [0.15, 0.2) is 28.7 Å². The van der Waals surface area contributed by atoms with Crippen LogP contribution < -0.4 is 4.74 Å². The van der Waals surface area contributed by atoms with E-state index in [0.29, 0.717) is 17.1 Å². The van der Waals surface area contributed by atoms with Gasteiger partial charge in [-0.3, -0.25) is 0 Å². The maximum Gasteiger partial charge on any atom is 0.176 e. The molecule has 1 aromatic heterocycles. The summed E-state index contributed by atoms with van der Waals surface area (Å²) in [4.78, 5) is 0. The second-order valence-electron chi connectivity index (χ2n) is 5.30. The number of ether oxygens (including phenoxy) is 1. The number of aliphatic hydroxyl groups is 1. The van der Waals surface area contributed by atoms with Crippen molar-refractivity contribution in [3.63, 3.8) is 0 Å². The van der Waals surface area contributed by atoms with Crippen LogP contribution in [-0.2, 0) is 0 Å². The topological polar surface area (TPSA) is 42.6 Å². The summed E-state index contributed by atoms with van der Waals surface area (Å²) in [5.41, 5.74) is 0.439. The van der Waals surface area contributed by atoms with E-state index in [1.165, 1.54) is 0 Å². The van der Waals surface area contributed by atoms with Gasteiger partial charge in [0.05, 0.1) is 7.11 Å².